The Morgan fingerprint density at radius 2 is 1.62 bits per heavy atom. The first-order valence-corrected chi connectivity index (χ1v) is 8.19. The molecule has 0 aliphatic rings. The van der Waals surface area contributed by atoms with Crippen molar-refractivity contribution in [1.82, 2.24) is 5.32 Å². The van der Waals surface area contributed by atoms with Gasteiger partial charge in [0.1, 0.15) is 5.75 Å². The molecule has 0 amide bonds. The third-order valence-electron chi connectivity index (χ3n) is 3.47. The second kappa shape index (κ2) is 7.84. The van der Waals surface area contributed by atoms with E-state index >= 15 is 0 Å². The fourth-order valence-electron chi connectivity index (χ4n) is 1.97. The van der Waals surface area contributed by atoms with E-state index in [9.17, 15) is 0 Å². The highest BCUT2D eigenvalue weighted by Gasteiger charge is 2.21. The van der Waals surface area contributed by atoms with Crippen molar-refractivity contribution in [3.63, 3.8) is 0 Å². The number of hydrogen-bond donors (Lipinski definition) is 1. The van der Waals surface area contributed by atoms with Crippen LogP contribution >= 0.6 is 0 Å². The molecule has 21 heavy (non-hydrogen) atoms. The molecule has 0 fully saturated rings. The normalized spacial score (nSPS) is 12.5. The number of aryl methyl sites for hydroxylation is 1. The summed E-state index contributed by atoms with van der Waals surface area (Å²) < 4.78 is 5.96. The molecule has 120 valence electrons. The van der Waals surface area contributed by atoms with Crippen LogP contribution < -0.4 is 10.1 Å². The van der Waals surface area contributed by atoms with E-state index in [1.165, 1.54) is 18.4 Å². The average molecular weight is 291 g/mol. The highest BCUT2D eigenvalue weighted by Crippen LogP contribution is 2.20. The zero-order chi connectivity index (χ0) is 15.9. The largest absolute Gasteiger partial charge is 0.493 e. The van der Waals surface area contributed by atoms with E-state index in [1.54, 1.807) is 0 Å². The van der Waals surface area contributed by atoms with Gasteiger partial charge in [-0.3, -0.25) is 0 Å². The van der Waals surface area contributed by atoms with E-state index in [0.29, 0.717) is 0 Å². The molecule has 0 aliphatic carbocycles. The van der Waals surface area contributed by atoms with E-state index in [-0.39, 0.29) is 11.0 Å². The van der Waals surface area contributed by atoms with Gasteiger partial charge in [0.25, 0.3) is 0 Å². The van der Waals surface area contributed by atoms with Gasteiger partial charge in [-0.05, 0) is 51.3 Å². The standard InChI is InChI=1S/C19H33NO/c1-7-8-9-16-10-12-17(13-11-16)21-15-19(5,6)14-20-18(2,3)4/h10-13,20H,7-9,14-15H2,1-6H3. The fourth-order valence-corrected chi connectivity index (χ4v) is 1.97. The van der Waals surface area contributed by atoms with E-state index in [0.717, 1.165) is 25.3 Å². The van der Waals surface area contributed by atoms with Crippen LogP contribution in [-0.2, 0) is 6.42 Å². The van der Waals surface area contributed by atoms with Gasteiger partial charge in [0, 0.05) is 17.5 Å². The maximum atomic E-state index is 5.96. The molecule has 2 heteroatoms. The predicted octanol–water partition coefficient (Wildman–Crippen LogP) is 4.82. The molecule has 1 aromatic rings. The second-order valence-electron chi connectivity index (χ2n) is 7.80. The van der Waals surface area contributed by atoms with E-state index in [1.807, 2.05) is 0 Å². The molecule has 0 unspecified atom stereocenters. The summed E-state index contributed by atoms with van der Waals surface area (Å²) in [6, 6.07) is 8.56. The number of ether oxygens (including phenoxy) is 1. The van der Waals surface area contributed by atoms with E-state index < -0.39 is 0 Å². The molecule has 0 aliphatic heterocycles. The molecular weight excluding hydrogens is 258 g/mol. The molecule has 0 atom stereocenters. The fraction of sp³-hybridized carbons (Fsp3) is 0.684. The van der Waals surface area contributed by atoms with E-state index in [4.69, 9.17) is 4.74 Å². The molecule has 1 aromatic carbocycles. The Morgan fingerprint density at radius 1 is 1.00 bits per heavy atom. The molecule has 0 saturated heterocycles. The average Bonchev–Trinajstić information content (AvgIpc) is 2.41. The van der Waals surface area contributed by atoms with Gasteiger partial charge in [-0.2, -0.15) is 0 Å². The van der Waals surface area contributed by atoms with Crippen LogP contribution in [0.25, 0.3) is 0 Å². The van der Waals surface area contributed by atoms with Crippen LogP contribution in [0.1, 0.15) is 59.9 Å². The van der Waals surface area contributed by atoms with Crippen molar-refractivity contribution in [3.05, 3.63) is 29.8 Å². The Balaban J connectivity index is 2.43. The van der Waals surface area contributed by atoms with Crippen molar-refractivity contribution in [1.29, 1.82) is 0 Å². The first kappa shape index (κ1) is 18.0. The zero-order valence-corrected chi connectivity index (χ0v) is 14.8. The van der Waals surface area contributed by atoms with Crippen molar-refractivity contribution in [2.45, 2.75) is 66.3 Å². The van der Waals surface area contributed by atoms with Gasteiger partial charge in [-0.25, -0.2) is 0 Å². The van der Waals surface area contributed by atoms with Gasteiger partial charge in [0.05, 0.1) is 6.61 Å². The number of rotatable bonds is 8. The Kier molecular flexibility index (Phi) is 6.73. The number of hydrogen-bond acceptors (Lipinski definition) is 2. The maximum Gasteiger partial charge on any atom is 0.119 e. The van der Waals surface area contributed by atoms with Gasteiger partial charge < -0.3 is 10.1 Å². The summed E-state index contributed by atoms with van der Waals surface area (Å²) in [7, 11) is 0. The summed E-state index contributed by atoms with van der Waals surface area (Å²) in [4.78, 5) is 0. The lowest BCUT2D eigenvalue weighted by Gasteiger charge is -2.30. The monoisotopic (exact) mass is 291 g/mol. The smallest absolute Gasteiger partial charge is 0.119 e. The summed E-state index contributed by atoms with van der Waals surface area (Å²) in [5.41, 5.74) is 1.67. The van der Waals surface area contributed by atoms with Crippen LogP contribution in [0.5, 0.6) is 5.75 Å². The molecule has 1 N–H and O–H groups in total. The number of benzene rings is 1. The van der Waals surface area contributed by atoms with Crippen molar-refractivity contribution in [2.75, 3.05) is 13.2 Å². The first-order valence-electron chi connectivity index (χ1n) is 8.19. The van der Waals surface area contributed by atoms with Crippen molar-refractivity contribution >= 4 is 0 Å². The lowest BCUT2D eigenvalue weighted by molar-refractivity contribution is 0.166. The summed E-state index contributed by atoms with van der Waals surface area (Å²) in [5, 5.41) is 3.55. The van der Waals surface area contributed by atoms with Crippen LogP contribution in [0.2, 0.25) is 0 Å². The number of nitrogens with one attached hydrogen (secondary N) is 1. The minimum atomic E-state index is 0.119. The molecular formula is C19H33NO. The molecule has 0 radical (unpaired) electrons. The minimum absolute atomic E-state index is 0.119. The third-order valence-corrected chi connectivity index (χ3v) is 3.47. The Bertz CT molecular complexity index is 401. The Labute approximate surface area is 131 Å². The molecule has 0 saturated carbocycles. The van der Waals surface area contributed by atoms with Gasteiger partial charge >= 0.3 is 0 Å². The maximum absolute atomic E-state index is 5.96. The van der Waals surface area contributed by atoms with Crippen molar-refractivity contribution < 1.29 is 4.74 Å². The number of unbranched alkanes of at least 4 members (excludes halogenated alkanes) is 1. The van der Waals surface area contributed by atoms with Gasteiger partial charge in [0.2, 0.25) is 0 Å². The highest BCUT2D eigenvalue weighted by molar-refractivity contribution is 5.27. The molecule has 0 spiro atoms. The molecule has 2 nitrogen and oxygen atoms in total. The molecule has 1 rings (SSSR count). The van der Waals surface area contributed by atoms with Crippen molar-refractivity contribution in [2.24, 2.45) is 5.41 Å². The molecule has 0 aromatic heterocycles. The van der Waals surface area contributed by atoms with Gasteiger partial charge in [-0.1, -0.05) is 39.3 Å². The summed E-state index contributed by atoms with van der Waals surface area (Å²) >= 11 is 0. The minimum Gasteiger partial charge on any atom is -0.493 e. The zero-order valence-electron chi connectivity index (χ0n) is 14.8. The van der Waals surface area contributed by atoms with Crippen LogP contribution in [0.15, 0.2) is 24.3 Å². The summed E-state index contributed by atoms with van der Waals surface area (Å²) in [6.45, 7) is 15.0. The molecule has 0 heterocycles. The summed E-state index contributed by atoms with van der Waals surface area (Å²) in [6.07, 6.45) is 3.66. The Morgan fingerprint density at radius 3 is 2.14 bits per heavy atom. The van der Waals surface area contributed by atoms with E-state index in [2.05, 4.69) is 71.1 Å². The topological polar surface area (TPSA) is 21.3 Å². The molecule has 0 bridgehead atoms. The SMILES string of the molecule is CCCCc1ccc(OCC(C)(C)CNC(C)(C)C)cc1. The quantitative estimate of drug-likeness (QED) is 0.741. The van der Waals surface area contributed by atoms with Crippen LogP contribution in [0.3, 0.4) is 0 Å². The van der Waals surface area contributed by atoms with Crippen molar-refractivity contribution in [3.8, 4) is 5.75 Å². The first-order chi connectivity index (χ1) is 9.72. The van der Waals surface area contributed by atoms with Crippen LogP contribution in [0.4, 0.5) is 0 Å². The lowest BCUT2D eigenvalue weighted by atomic mass is 9.93. The highest BCUT2D eigenvalue weighted by atomic mass is 16.5. The van der Waals surface area contributed by atoms with Crippen LogP contribution in [-0.4, -0.2) is 18.7 Å². The van der Waals surface area contributed by atoms with Gasteiger partial charge in [-0.15, -0.1) is 0 Å². The predicted molar refractivity (Wildman–Crippen MR) is 92.1 cm³/mol. The third kappa shape index (κ3) is 8.11. The van der Waals surface area contributed by atoms with Gasteiger partial charge in [0.15, 0.2) is 0 Å². The lowest BCUT2D eigenvalue weighted by Crippen LogP contribution is -2.43. The summed E-state index contributed by atoms with van der Waals surface area (Å²) in [5.74, 6) is 0.971. The Hall–Kier alpha value is -1.02. The second-order valence-corrected chi connectivity index (χ2v) is 7.80. The van der Waals surface area contributed by atoms with Crippen LogP contribution in [0, 0.1) is 5.41 Å².